The Hall–Kier alpha value is -3.51. The molecule has 1 saturated carbocycles. The van der Waals surface area contributed by atoms with Gasteiger partial charge in [-0.3, -0.25) is 4.98 Å². The van der Waals surface area contributed by atoms with Crippen molar-refractivity contribution < 1.29 is 23.0 Å². The van der Waals surface area contributed by atoms with E-state index in [9.17, 15) is 0 Å². The van der Waals surface area contributed by atoms with Crippen LogP contribution in [0.1, 0.15) is 36.8 Å². The monoisotopic (exact) mass is 550 g/mol. The van der Waals surface area contributed by atoms with Crippen molar-refractivity contribution in [1.82, 2.24) is 19.6 Å². The first kappa shape index (κ1) is 26.7. The normalized spacial score (nSPS) is 24.1. The lowest BCUT2D eigenvalue weighted by atomic mass is 9.74. The standard InChI is InChI=1S/C29H32F2N6O3/c1-16-8-17(9-23(32)27(16)38-2)20-6-7-33-13-25(20)35-28-34-12-19-4-5-24(36-37(19)28)26-21(30)10-18(11-22(26)31)29(39-3)14-40-15-29/h4-7,10-13,16-17,23,27H,8-9,14-15,32H2,1-3H3,(H,34,35). The van der Waals surface area contributed by atoms with Gasteiger partial charge in [0.05, 0.1) is 54.2 Å². The van der Waals surface area contributed by atoms with Gasteiger partial charge in [0, 0.05) is 26.5 Å². The average Bonchev–Trinajstić information content (AvgIpc) is 3.30. The maximum absolute atomic E-state index is 15.3. The number of nitrogens with zero attached hydrogens (tertiary/aromatic N) is 4. The number of fused-ring (bicyclic) bond motifs is 1. The van der Waals surface area contributed by atoms with E-state index in [4.69, 9.17) is 19.9 Å². The molecule has 3 N–H and O–H groups in total. The van der Waals surface area contributed by atoms with Gasteiger partial charge in [-0.15, -0.1) is 0 Å². The highest BCUT2D eigenvalue weighted by molar-refractivity contribution is 5.66. The van der Waals surface area contributed by atoms with Crippen molar-refractivity contribution in [2.24, 2.45) is 11.7 Å². The highest BCUT2D eigenvalue weighted by Crippen LogP contribution is 2.40. The number of hydrogen-bond acceptors (Lipinski definition) is 8. The lowest BCUT2D eigenvalue weighted by Crippen LogP contribution is -2.48. The fourth-order valence-corrected chi connectivity index (χ4v) is 6.08. The van der Waals surface area contributed by atoms with Crippen LogP contribution in [0, 0.1) is 17.6 Å². The number of methoxy groups -OCH3 is 2. The van der Waals surface area contributed by atoms with E-state index >= 15 is 8.78 Å². The number of imidazole rings is 1. The summed E-state index contributed by atoms with van der Waals surface area (Å²) in [6.07, 6.45) is 6.86. The van der Waals surface area contributed by atoms with E-state index in [1.165, 1.54) is 23.8 Å². The van der Waals surface area contributed by atoms with Gasteiger partial charge in [-0.1, -0.05) is 6.92 Å². The van der Waals surface area contributed by atoms with Crippen molar-refractivity contribution in [3.8, 4) is 11.3 Å². The van der Waals surface area contributed by atoms with Crippen LogP contribution in [-0.4, -0.2) is 59.2 Å². The highest BCUT2D eigenvalue weighted by atomic mass is 19.1. The minimum atomic E-state index is -0.842. The summed E-state index contributed by atoms with van der Waals surface area (Å²) in [4.78, 5) is 8.80. The molecule has 3 aromatic heterocycles. The number of benzene rings is 1. The Kier molecular flexibility index (Phi) is 6.99. The fraction of sp³-hybridized carbons (Fsp3) is 0.414. The Morgan fingerprint density at radius 2 is 1.88 bits per heavy atom. The molecule has 0 amide bonds. The Bertz CT molecular complexity index is 1500. The molecule has 4 unspecified atom stereocenters. The van der Waals surface area contributed by atoms with Crippen molar-refractivity contribution in [2.45, 2.75) is 43.4 Å². The molecule has 0 radical (unpaired) electrons. The van der Waals surface area contributed by atoms with E-state index in [0.29, 0.717) is 22.9 Å². The van der Waals surface area contributed by atoms with Crippen molar-refractivity contribution >= 4 is 17.2 Å². The number of nitrogens with one attached hydrogen (secondary N) is 1. The lowest BCUT2D eigenvalue weighted by Gasteiger charge is -2.40. The molecule has 2 fully saturated rings. The molecule has 4 aromatic rings. The first-order valence-corrected chi connectivity index (χ1v) is 13.3. The van der Waals surface area contributed by atoms with Crippen LogP contribution in [0.3, 0.4) is 0 Å². The molecule has 1 aromatic carbocycles. The molecule has 4 atom stereocenters. The van der Waals surface area contributed by atoms with Gasteiger partial charge in [-0.05, 0) is 66.1 Å². The molecule has 11 heteroatoms. The first-order valence-electron chi connectivity index (χ1n) is 13.3. The summed E-state index contributed by atoms with van der Waals surface area (Å²) in [6, 6.07) is 7.78. The number of hydrogen-bond donors (Lipinski definition) is 2. The quantitative estimate of drug-likeness (QED) is 0.345. The average molecular weight is 551 g/mol. The zero-order valence-corrected chi connectivity index (χ0v) is 22.6. The number of nitrogens with two attached hydrogens (primary N) is 1. The first-order chi connectivity index (χ1) is 19.3. The fourth-order valence-electron chi connectivity index (χ4n) is 6.08. The smallest absolute Gasteiger partial charge is 0.229 e. The number of ether oxygens (including phenoxy) is 3. The maximum atomic E-state index is 15.3. The molecule has 1 aliphatic heterocycles. The second-order valence-corrected chi connectivity index (χ2v) is 10.7. The Balaban J connectivity index is 1.32. The Morgan fingerprint density at radius 1 is 1.10 bits per heavy atom. The third kappa shape index (κ3) is 4.52. The Labute approximate surface area is 230 Å². The molecule has 1 aliphatic carbocycles. The maximum Gasteiger partial charge on any atom is 0.229 e. The van der Waals surface area contributed by atoms with Crippen LogP contribution >= 0.6 is 0 Å². The van der Waals surface area contributed by atoms with Crippen molar-refractivity contribution in [3.63, 3.8) is 0 Å². The molecule has 0 spiro atoms. The van der Waals surface area contributed by atoms with Gasteiger partial charge in [0.25, 0.3) is 0 Å². The highest BCUT2D eigenvalue weighted by Gasteiger charge is 2.42. The van der Waals surface area contributed by atoms with Crippen molar-refractivity contribution in [1.29, 1.82) is 0 Å². The molecule has 1 saturated heterocycles. The number of aromatic nitrogens is 4. The van der Waals surface area contributed by atoms with E-state index in [1.54, 1.807) is 37.8 Å². The summed E-state index contributed by atoms with van der Waals surface area (Å²) < 4.78 is 48.5. The molecule has 2 aliphatic rings. The van der Waals surface area contributed by atoms with Crippen LogP contribution in [0.25, 0.3) is 16.8 Å². The Morgan fingerprint density at radius 3 is 2.52 bits per heavy atom. The number of halogens is 2. The molecule has 210 valence electrons. The van der Waals surface area contributed by atoms with Crippen LogP contribution in [0.5, 0.6) is 0 Å². The second kappa shape index (κ2) is 10.5. The van der Waals surface area contributed by atoms with Crippen LogP contribution in [0.15, 0.2) is 48.9 Å². The van der Waals surface area contributed by atoms with E-state index in [2.05, 4.69) is 27.3 Å². The molecule has 6 rings (SSSR count). The van der Waals surface area contributed by atoms with E-state index in [1.807, 2.05) is 6.07 Å². The summed E-state index contributed by atoms with van der Waals surface area (Å²) in [5.74, 6) is -0.563. The lowest BCUT2D eigenvalue weighted by molar-refractivity contribution is -0.202. The predicted octanol–water partition coefficient (Wildman–Crippen LogP) is 4.54. The van der Waals surface area contributed by atoms with E-state index in [-0.39, 0.29) is 42.5 Å². The van der Waals surface area contributed by atoms with Gasteiger partial charge in [0.15, 0.2) is 0 Å². The van der Waals surface area contributed by atoms with Crippen LogP contribution < -0.4 is 11.1 Å². The zero-order chi connectivity index (χ0) is 28.0. The second-order valence-electron chi connectivity index (χ2n) is 10.7. The third-order valence-electron chi connectivity index (χ3n) is 8.28. The summed E-state index contributed by atoms with van der Waals surface area (Å²) in [5, 5.41) is 7.90. The van der Waals surface area contributed by atoms with Crippen molar-refractivity contribution in [2.75, 3.05) is 32.8 Å². The van der Waals surface area contributed by atoms with Gasteiger partial charge in [0.2, 0.25) is 5.95 Å². The summed E-state index contributed by atoms with van der Waals surface area (Å²) in [6.45, 7) is 2.64. The van der Waals surface area contributed by atoms with Gasteiger partial charge < -0.3 is 25.3 Å². The topological polar surface area (TPSA) is 109 Å². The number of pyridine rings is 1. The van der Waals surface area contributed by atoms with Crippen molar-refractivity contribution in [3.05, 3.63) is 71.7 Å². The number of anilines is 2. The summed E-state index contributed by atoms with van der Waals surface area (Å²) >= 11 is 0. The van der Waals surface area contributed by atoms with Crippen LogP contribution in [0.4, 0.5) is 20.4 Å². The SMILES string of the molecule is COC1C(C)CC(c2ccncc2Nc2ncc3ccc(-c4c(F)cc(C5(OC)COC5)cc4F)nn23)CC1N. The van der Waals surface area contributed by atoms with Gasteiger partial charge in [-0.2, -0.15) is 9.61 Å². The third-order valence-corrected chi connectivity index (χ3v) is 8.28. The molecule has 9 nitrogen and oxygen atoms in total. The van der Waals surface area contributed by atoms with E-state index < -0.39 is 17.2 Å². The largest absolute Gasteiger partial charge is 0.380 e. The molecule has 4 heterocycles. The zero-order valence-electron chi connectivity index (χ0n) is 22.6. The molecule has 0 bridgehead atoms. The van der Waals surface area contributed by atoms with Crippen LogP contribution in [-0.2, 0) is 19.8 Å². The van der Waals surface area contributed by atoms with Gasteiger partial charge in [0.1, 0.15) is 17.2 Å². The summed E-state index contributed by atoms with van der Waals surface area (Å²) in [5.41, 5.74) is 8.42. The van der Waals surface area contributed by atoms with E-state index in [0.717, 1.165) is 24.1 Å². The molecule has 40 heavy (non-hydrogen) atoms. The minimum Gasteiger partial charge on any atom is -0.380 e. The molecular weight excluding hydrogens is 518 g/mol. The number of rotatable bonds is 7. The van der Waals surface area contributed by atoms with Gasteiger partial charge >= 0.3 is 0 Å². The predicted molar refractivity (Wildman–Crippen MR) is 145 cm³/mol. The van der Waals surface area contributed by atoms with Crippen LogP contribution in [0.2, 0.25) is 0 Å². The molecular formula is C29H32F2N6O3. The summed E-state index contributed by atoms with van der Waals surface area (Å²) in [7, 11) is 3.21. The minimum absolute atomic E-state index is 0.0188. The van der Waals surface area contributed by atoms with Gasteiger partial charge in [-0.25, -0.2) is 13.8 Å².